The Morgan fingerprint density at radius 3 is 1.06 bits per heavy atom. The molecule has 0 fully saturated rings. The maximum absolute atomic E-state index is 10.1. The van der Waals surface area contributed by atoms with Crippen molar-refractivity contribution in [3.05, 3.63) is 0 Å². The Balaban J connectivity index is -0.000000181. The van der Waals surface area contributed by atoms with Crippen molar-refractivity contribution >= 4 is 35.8 Å². The number of aliphatic carboxylic acids is 6. The minimum absolute atomic E-state index is 0.00981. The van der Waals surface area contributed by atoms with Gasteiger partial charge < -0.3 is 123 Å². The van der Waals surface area contributed by atoms with E-state index < -0.39 is 133 Å². The first kappa shape index (κ1) is 79.5. The molecule has 16 unspecified atom stereocenters. The third-order valence-electron chi connectivity index (χ3n) is 9.13. The fourth-order valence-corrected chi connectivity index (χ4v) is 4.59. The number of carboxylic acids is 6. The van der Waals surface area contributed by atoms with Crippen molar-refractivity contribution in [3.63, 3.8) is 0 Å². The van der Waals surface area contributed by atoms with Crippen LogP contribution in [0.1, 0.15) is 118 Å². The van der Waals surface area contributed by atoms with E-state index in [4.69, 9.17) is 123 Å². The summed E-state index contributed by atoms with van der Waals surface area (Å²) in [6.07, 6.45) is -17.3. The molecular weight excluding hydrogens is 984 g/mol. The van der Waals surface area contributed by atoms with Crippen molar-refractivity contribution in [3.8, 4) is 0 Å². The average Bonchev–Trinajstić information content (AvgIpc) is 3.28. The van der Waals surface area contributed by atoms with Crippen LogP contribution in [-0.2, 0) is 28.8 Å². The number of rotatable bonds is 32. The monoisotopic (exact) mass is 1070 g/mol. The zero-order chi connectivity index (χ0) is 58.0. The molecule has 30 nitrogen and oxygen atoms in total. The average molecular weight is 1070 g/mol. The third-order valence-corrected chi connectivity index (χ3v) is 9.13. The van der Waals surface area contributed by atoms with E-state index in [-0.39, 0.29) is 83.8 Å². The topological polar surface area (TPSA) is 588 Å². The lowest BCUT2D eigenvalue weighted by atomic mass is 10.1. The van der Waals surface area contributed by atoms with Crippen molar-refractivity contribution in [2.45, 2.75) is 215 Å². The molecule has 432 valence electrons. The Labute approximate surface area is 415 Å². The number of aliphatic hydroxyl groups excluding tert-OH is 18. The summed E-state index contributed by atoms with van der Waals surface area (Å²) >= 11 is 0. The lowest BCUT2D eigenvalue weighted by Crippen LogP contribution is -2.34. The molecule has 72 heavy (non-hydrogen) atoms. The van der Waals surface area contributed by atoms with Crippen LogP contribution in [0.3, 0.4) is 0 Å². The molecular formula is C42H84O30. The van der Waals surface area contributed by atoms with Crippen LogP contribution in [-0.4, -0.2) is 269 Å². The summed E-state index contributed by atoms with van der Waals surface area (Å²) in [6, 6.07) is 0. The lowest BCUT2D eigenvalue weighted by Gasteiger charge is -2.17. The van der Waals surface area contributed by atoms with Gasteiger partial charge in [0, 0.05) is 26.1 Å². The van der Waals surface area contributed by atoms with E-state index in [2.05, 4.69) is 0 Å². The van der Waals surface area contributed by atoms with Gasteiger partial charge in [-0.1, -0.05) is 6.92 Å². The van der Waals surface area contributed by atoms with Gasteiger partial charge in [0.15, 0.2) is 36.6 Å². The minimum Gasteiger partial charge on any atom is -0.479 e. The fraction of sp³-hybridized carbons (Fsp3) is 0.857. The zero-order valence-electron chi connectivity index (χ0n) is 40.7. The molecule has 0 bridgehead atoms. The number of carbonyl (C=O) groups is 6. The fourth-order valence-electron chi connectivity index (χ4n) is 4.59. The van der Waals surface area contributed by atoms with Crippen molar-refractivity contribution in [1.82, 2.24) is 0 Å². The van der Waals surface area contributed by atoms with Gasteiger partial charge in [0.1, 0.15) is 0 Å². The molecule has 0 radical (unpaired) electrons. The minimum atomic E-state index is -1.76. The maximum Gasteiger partial charge on any atom is 0.335 e. The lowest BCUT2D eigenvalue weighted by molar-refractivity contribution is -0.154. The molecule has 30 heteroatoms. The highest BCUT2D eigenvalue weighted by atomic mass is 16.4. The molecule has 0 spiro atoms. The van der Waals surface area contributed by atoms with Crippen LogP contribution < -0.4 is 0 Å². The Morgan fingerprint density at radius 1 is 0.333 bits per heavy atom. The second-order valence-electron chi connectivity index (χ2n) is 16.1. The molecule has 0 aliphatic rings. The Morgan fingerprint density at radius 2 is 0.722 bits per heavy atom. The summed E-state index contributed by atoms with van der Waals surface area (Å²) in [5.74, 6) is -8.23. The first-order valence-electron chi connectivity index (χ1n) is 22.5. The van der Waals surface area contributed by atoms with Crippen LogP contribution in [0.5, 0.6) is 0 Å². The molecule has 0 aliphatic carbocycles. The number of carboxylic acid groups (broad SMARTS) is 6. The van der Waals surface area contributed by atoms with Crippen molar-refractivity contribution in [2.24, 2.45) is 0 Å². The Hall–Kier alpha value is -3.90. The molecule has 0 aromatic heterocycles. The molecule has 0 aromatic carbocycles. The quantitative estimate of drug-likeness (QED) is 0.0279. The maximum atomic E-state index is 10.1. The number of hydrogen-bond donors (Lipinski definition) is 24. The van der Waals surface area contributed by atoms with E-state index in [1.54, 1.807) is 6.92 Å². The SMILES string of the molecule is CC(O)C(O)CCC(O)C(=O)O.CC(O)CC(O)CC(O)C(=O)O.CC(O)CCC(O)C(O)C(=O)O.CCC(O)C(O)CC(O)C(=O)O.O=C(O)C(O)C(O)CCCCO.O=C(O)C(O)CCC(O)CCO. The summed E-state index contributed by atoms with van der Waals surface area (Å²) in [4.78, 5) is 60.6. The number of hydrogen-bond acceptors (Lipinski definition) is 24. The first-order chi connectivity index (χ1) is 33.0. The van der Waals surface area contributed by atoms with Gasteiger partial charge in [0.2, 0.25) is 0 Å². The largest absolute Gasteiger partial charge is 0.479 e. The summed E-state index contributed by atoms with van der Waals surface area (Å²) in [5, 5.41) is 208. The highest BCUT2D eigenvalue weighted by Gasteiger charge is 2.25. The van der Waals surface area contributed by atoms with E-state index in [0.29, 0.717) is 19.3 Å². The molecule has 0 aliphatic heterocycles. The number of unbranched alkanes of at least 4 members (excludes halogenated alkanes) is 1. The van der Waals surface area contributed by atoms with Crippen molar-refractivity contribution in [1.29, 1.82) is 0 Å². The molecule has 0 saturated carbocycles. The predicted molar refractivity (Wildman–Crippen MR) is 243 cm³/mol. The van der Waals surface area contributed by atoms with Gasteiger partial charge in [-0.3, -0.25) is 0 Å². The Kier molecular flexibility index (Phi) is 53.1. The van der Waals surface area contributed by atoms with Gasteiger partial charge in [-0.05, 0) is 97.8 Å². The van der Waals surface area contributed by atoms with Crippen molar-refractivity contribution < 1.29 is 151 Å². The summed E-state index contributed by atoms with van der Waals surface area (Å²) in [5.41, 5.74) is 0. The number of aliphatic hydroxyl groups is 18. The van der Waals surface area contributed by atoms with Gasteiger partial charge >= 0.3 is 35.8 Å². The zero-order valence-corrected chi connectivity index (χ0v) is 40.7. The van der Waals surface area contributed by atoms with Gasteiger partial charge in [-0.2, -0.15) is 0 Å². The van der Waals surface area contributed by atoms with Gasteiger partial charge in [0.05, 0.1) is 61.0 Å². The standard InChI is InChI=1S/6C7H14O5/c1-4(8)2-5(9)3-6(10)7(11)12;1-4(8)5(9)2-3-6(10)7(11)12;1-4(8)2-3-5(9)6(10)7(11)12;8-4-3-5(9)1-2-6(10)7(11)12;1-2-4(8)5(9)3-6(10)7(11)12;8-4-2-1-3-5(9)6(10)7(11)12/h3*4-6,8-10H,2-3H2,1H3,(H,11,12);5-6,8-10H,1-4H2,(H,11,12);4-6,8-10H,2-3H2,1H3,(H,11,12);5-6,8-10H,1-4H2,(H,11,12). The second-order valence-corrected chi connectivity index (χ2v) is 16.1. The van der Waals surface area contributed by atoms with Crippen LogP contribution in [0.2, 0.25) is 0 Å². The Bertz CT molecular complexity index is 1370. The molecule has 0 rings (SSSR count). The molecule has 0 amide bonds. The van der Waals surface area contributed by atoms with Gasteiger partial charge in [0.25, 0.3) is 0 Å². The highest BCUT2D eigenvalue weighted by Crippen LogP contribution is 2.09. The van der Waals surface area contributed by atoms with Gasteiger partial charge in [-0.15, -0.1) is 0 Å². The molecule has 0 heterocycles. The summed E-state index contributed by atoms with van der Waals surface area (Å²) in [7, 11) is 0. The summed E-state index contributed by atoms with van der Waals surface area (Å²) < 4.78 is 0. The molecule has 16 atom stereocenters. The first-order valence-corrected chi connectivity index (χ1v) is 22.5. The molecule has 0 aromatic rings. The van der Waals surface area contributed by atoms with Gasteiger partial charge in [-0.25, -0.2) is 28.8 Å². The van der Waals surface area contributed by atoms with Crippen LogP contribution in [0.15, 0.2) is 0 Å². The smallest absolute Gasteiger partial charge is 0.335 e. The van der Waals surface area contributed by atoms with E-state index in [1.165, 1.54) is 20.8 Å². The van der Waals surface area contributed by atoms with E-state index >= 15 is 0 Å². The molecule has 0 saturated heterocycles. The highest BCUT2D eigenvalue weighted by molar-refractivity contribution is 5.73. The van der Waals surface area contributed by atoms with Crippen LogP contribution in [0, 0.1) is 0 Å². The van der Waals surface area contributed by atoms with Crippen LogP contribution >= 0.6 is 0 Å². The third kappa shape index (κ3) is 52.4. The predicted octanol–water partition coefficient (Wildman–Crippen LogP) is -6.27. The molecule has 24 N–H and O–H groups in total. The van der Waals surface area contributed by atoms with E-state index in [1.807, 2.05) is 0 Å². The van der Waals surface area contributed by atoms with Crippen LogP contribution in [0.25, 0.3) is 0 Å². The normalized spacial score (nSPS) is 17.4. The van der Waals surface area contributed by atoms with Crippen molar-refractivity contribution in [2.75, 3.05) is 13.2 Å². The van der Waals surface area contributed by atoms with E-state index in [0.717, 1.165) is 0 Å². The second kappa shape index (κ2) is 48.1. The summed E-state index contributed by atoms with van der Waals surface area (Å²) in [6.45, 7) is 5.94. The van der Waals surface area contributed by atoms with E-state index in [9.17, 15) is 28.8 Å². The van der Waals surface area contributed by atoms with Crippen LogP contribution in [0.4, 0.5) is 0 Å².